The molecule has 36 heavy (non-hydrogen) atoms. The van der Waals surface area contributed by atoms with E-state index < -0.39 is 79.9 Å². The minimum Gasteiger partial charge on any atom is -0.465 e. The van der Waals surface area contributed by atoms with E-state index in [1.54, 1.807) is 0 Å². The zero-order valence-corrected chi connectivity index (χ0v) is 19.5. The molecule has 2 saturated heterocycles. The van der Waals surface area contributed by atoms with Gasteiger partial charge >= 0.3 is 5.97 Å². The Balaban J connectivity index is 1.69. The van der Waals surface area contributed by atoms with Crippen molar-refractivity contribution in [2.24, 2.45) is 0 Å². The summed E-state index contributed by atoms with van der Waals surface area (Å²) in [6, 6.07) is 5.67. The van der Waals surface area contributed by atoms with Crippen molar-refractivity contribution >= 4 is 11.9 Å². The minimum absolute atomic E-state index is 0.180. The quantitative estimate of drug-likeness (QED) is 0.168. The molecular formula is C22H31NO13. The number of benzene rings is 1. The van der Waals surface area contributed by atoms with Crippen molar-refractivity contribution in [1.82, 2.24) is 5.32 Å². The van der Waals surface area contributed by atoms with Gasteiger partial charge in [-0.25, -0.2) is 4.79 Å². The lowest BCUT2D eigenvalue weighted by Crippen LogP contribution is -2.65. The van der Waals surface area contributed by atoms with Crippen LogP contribution in [0.1, 0.15) is 17.3 Å². The maximum Gasteiger partial charge on any atom is 0.337 e. The predicted octanol–water partition coefficient (Wildman–Crippen LogP) is -3.38. The number of ether oxygens (including phenoxy) is 5. The lowest BCUT2D eigenvalue weighted by molar-refractivity contribution is -0.350. The third kappa shape index (κ3) is 6.29. The van der Waals surface area contributed by atoms with Gasteiger partial charge in [0, 0.05) is 13.5 Å². The molecule has 7 N–H and O–H groups in total. The molecule has 14 nitrogen and oxygen atoms in total. The number of amides is 1. The topological polar surface area (TPSA) is 214 Å². The number of methoxy groups -OCH3 is 1. The molecule has 10 atom stereocenters. The Labute approximate surface area is 205 Å². The normalized spacial score (nSPS) is 36.7. The fourth-order valence-electron chi connectivity index (χ4n) is 3.84. The molecule has 202 valence electrons. The molecule has 1 amide bonds. The lowest BCUT2D eigenvalue weighted by Gasteiger charge is -2.46. The largest absolute Gasteiger partial charge is 0.465 e. The summed E-state index contributed by atoms with van der Waals surface area (Å²) in [5.74, 6) is -0.802. The second kappa shape index (κ2) is 12.2. The van der Waals surface area contributed by atoms with Crippen molar-refractivity contribution < 1.29 is 63.9 Å². The molecule has 0 saturated carbocycles. The Morgan fingerprint density at radius 2 is 1.50 bits per heavy atom. The van der Waals surface area contributed by atoms with Crippen molar-refractivity contribution in [2.75, 3.05) is 20.3 Å². The predicted molar refractivity (Wildman–Crippen MR) is 116 cm³/mol. The number of nitrogens with one attached hydrogen (secondary N) is 1. The van der Waals surface area contributed by atoms with Gasteiger partial charge in [0.05, 0.1) is 19.3 Å². The molecule has 0 aromatic heterocycles. The molecule has 0 bridgehead atoms. The smallest absolute Gasteiger partial charge is 0.337 e. The highest BCUT2D eigenvalue weighted by Crippen LogP contribution is 2.30. The van der Waals surface area contributed by atoms with E-state index >= 15 is 0 Å². The molecular weight excluding hydrogens is 486 g/mol. The summed E-state index contributed by atoms with van der Waals surface area (Å²) in [5, 5.41) is 64.1. The number of rotatable bonds is 8. The zero-order chi connectivity index (χ0) is 26.6. The SMILES string of the molecule is COC(=O)c1ccc(O[C@@H]2O[C@H](CO)[C@@H](O[C@@H]3O[C@H](CNC(C)=O)[C@H](O)[C@H](O)[C@H]3O)[C@H](O)[C@H]2O)cc1. The molecule has 2 aliphatic heterocycles. The van der Waals surface area contributed by atoms with Crippen molar-refractivity contribution in [3.05, 3.63) is 29.8 Å². The van der Waals surface area contributed by atoms with Crippen LogP contribution in [0.2, 0.25) is 0 Å². The average Bonchev–Trinajstić information content (AvgIpc) is 2.87. The average molecular weight is 517 g/mol. The van der Waals surface area contributed by atoms with Crippen molar-refractivity contribution in [3.8, 4) is 5.75 Å². The van der Waals surface area contributed by atoms with E-state index in [1.165, 1.54) is 38.3 Å². The van der Waals surface area contributed by atoms with Crippen LogP contribution in [-0.4, -0.2) is 124 Å². The van der Waals surface area contributed by atoms with Gasteiger partial charge in [-0.2, -0.15) is 0 Å². The molecule has 14 heteroatoms. The molecule has 3 rings (SSSR count). The van der Waals surface area contributed by atoms with Crippen LogP contribution in [0.3, 0.4) is 0 Å². The molecule has 1 aromatic carbocycles. The summed E-state index contributed by atoms with van der Waals surface area (Å²) in [6.45, 7) is 0.336. The van der Waals surface area contributed by atoms with E-state index in [2.05, 4.69) is 10.1 Å². The maximum absolute atomic E-state index is 11.6. The van der Waals surface area contributed by atoms with Gasteiger partial charge in [0.2, 0.25) is 12.2 Å². The van der Waals surface area contributed by atoms with Gasteiger partial charge in [-0.05, 0) is 24.3 Å². The molecule has 1 aromatic rings. The van der Waals surface area contributed by atoms with Gasteiger partial charge in [0.15, 0.2) is 6.29 Å². The highest BCUT2D eigenvalue weighted by atomic mass is 16.7. The van der Waals surface area contributed by atoms with E-state index in [4.69, 9.17) is 18.9 Å². The maximum atomic E-state index is 11.6. The first-order valence-corrected chi connectivity index (χ1v) is 11.1. The highest BCUT2D eigenvalue weighted by Gasteiger charge is 2.51. The van der Waals surface area contributed by atoms with Crippen molar-refractivity contribution in [2.45, 2.75) is 68.3 Å². The summed E-state index contributed by atoms with van der Waals surface area (Å²) in [5.41, 5.74) is 0.256. The molecule has 2 aliphatic rings. The number of esters is 1. The van der Waals surface area contributed by atoms with Gasteiger partial charge in [-0.15, -0.1) is 0 Å². The Kier molecular flexibility index (Phi) is 9.57. The Morgan fingerprint density at radius 1 is 0.889 bits per heavy atom. The summed E-state index contributed by atoms with van der Waals surface area (Å²) in [6.07, 6.45) is -15.4. The Morgan fingerprint density at radius 3 is 2.08 bits per heavy atom. The lowest BCUT2D eigenvalue weighted by atomic mass is 9.96. The first-order chi connectivity index (χ1) is 17.1. The Hall–Kier alpha value is -2.40. The number of aliphatic hydroxyl groups excluding tert-OH is 6. The summed E-state index contributed by atoms with van der Waals surface area (Å²) >= 11 is 0. The summed E-state index contributed by atoms with van der Waals surface area (Å²) in [7, 11) is 1.23. The monoisotopic (exact) mass is 517 g/mol. The molecule has 0 spiro atoms. The third-order valence-corrected chi connectivity index (χ3v) is 5.86. The minimum atomic E-state index is -1.76. The van der Waals surface area contributed by atoms with Crippen LogP contribution in [-0.2, 0) is 23.7 Å². The molecule has 0 radical (unpaired) electrons. The fourth-order valence-corrected chi connectivity index (χ4v) is 3.84. The summed E-state index contributed by atoms with van der Waals surface area (Å²) in [4.78, 5) is 22.8. The second-order valence-corrected chi connectivity index (χ2v) is 8.39. The van der Waals surface area contributed by atoms with Gasteiger partial charge in [0.25, 0.3) is 0 Å². The van der Waals surface area contributed by atoms with E-state index in [0.717, 1.165) is 0 Å². The van der Waals surface area contributed by atoms with Gasteiger partial charge < -0.3 is 59.6 Å². The second-order valence-electron chi connectivity index (χ2n) is 8.39. The highest BCUT2D eigenvalue weighted by molar-refractivity contribution is 5.89. The first kappa shape index (κ1) is 28.2. The molecule has 0 aliphatic carbocycles. The van der Waals surface area contributed by atoms with Gasteiger partial charge in [-0.1, -0.05) is 0 Å². The van der Waals surface area contributed by atoms with E-state index in [-0.39, 0.29) is 17.9 Å². The van der Waals surface area contributed by atoms with Gasteiger partial charge in [-0.3, -0.25) is 4.79 Å². The number of hydrogen-bond acceptors (Lipinski definition) is 13. The third-order valence-electron chi connectivity index (χ3n) is 5.86. The van der Waals surface area contributed by atoms with E-state index in [9.17, 15) is 40.2 Å². The van der Waals surface area contributed by atoms with E-state index in [0.29, 0.717) is 0 Å². The fraction of sp³-hybridized carbons (Fsp3) is 0.636. The van der Waals surface area contributed by atoms with Crippen LogP contribution in [0.25, 0.3) is 0 Å². The number of carbonyl (C=O) groups is 2. The van der Waals surface area contributed by atoms with E-state index in [1.807, 2.05) is 0 Å². The molecule has 2 heterocycles. The van der Waals surface area contributed by atoms with Crippen molar-refractivity contribution in [3.63, 3.8) is 0 Å². The molecule has 0 unspecified atom stereocenters. The van der Waals surface area contributed by atoms with Crippen LogP contribution >= 0.6 is 0 Å². The van der Waals surface area contributed by atoms with Crippen LogP contribution < -0.4 is 10.1 Å². The van der Waals surface area contributed by atoms with Crippen LogP contribution in [0.5, 0.6) is 5.75 Å². The number of hydrogen-bond donors (Lipinski definition) is 7. The molecule has 2 fully saturated rings. The van der Waals surface area contributed by atoms with Crippen LogP contribution in [0, 0.1) is 0 Å². The first-order valence-electron chi connectivity index (χ1n) is 11.1. The Bertz CT molecular complexity index is 881. The van der Waals surface area contributed by atoms with Crippen LogP contribution in [0.4, 0.5) is 0 Å². The standard InChI is InChI=1S/C22H31NO13/c1-9(25)23-7-12-14(26)15(27)17(29)22(34-12)36-19-13(8-24)35-21(18(30)16(19)28)33-11-5-3-10(4-6-11)20(31)32-2/h3-6,12-19,21-22,24,26-30H,7-8H2,1-2H3,(H,23,25)/t12-,13-,14+,15+,16-,17-,18-,19-,21-,22+/m1/s1. The number of aliphatic hydroxyl groups is 6. The van der Waals surface area contributed by atoms with Crippen LogP contribution in [0.15, 0.2) is 24.3 Å². The zero-order valence-electron chi connectivity index (χ0n) is 19.5. The van der Waals surface area contributed by atoms with Crippen molar-refractivity contribution in [1.29, 1.82) is 0 Å². The number of carbonyl (C=O) groups excluding carboxylic acids is 2. The summed E-state index contributed by atoms with van der Waals surface area (Å²) < 4.78 is 26.8. The van der Waals surface area contributed by atoms with Gasteiger partial charge in [0.1, 0.15) is 54.6 Å².